The molecule has 3 aromatic rings. The largest absolute Gasteiger partial charge is 0.364 e. The van der Waals surface area contributed by atoms with Crippen LogP contribution in [-0.4, -0.2) is 15.7 Å². The van der Waals surface area contributed by atoms with Crippen LogP contribution in [0.3, 0.4) is 0 Å². The number of rotatable bonds is 4. The first-order valence-electron chi connectivity index (χ1n) is 9.50. The molecule has 5 heteroatoms. The van der Waals surface area contributed by atoms with Crippen LogP contribution in [0.15, 0.2) is 60.7 Å². The van der Waals surface area contributed by atoms with Gasteiger partial charge in [0.25, 0.3) is 5.91 Å². The second kappa shape index (κ2) is 6.16. The van der Waals surface area contributed by atoms with Crippen molar-refractivity contribution >= 4 is 12.0 Å². The van der Waals surface area contributed by atoms with Crippen molar-refractivity contribution in [3.8, 4) is 0 Å². The van der Waals surface area contributed by atoms with Crippen molar-refractivity contribution in [2.75, 3.05) is 0 Å². The molecule has 2 aliphatic rings. The van der Waals surface area contributed by atoms with Gasteiger partial charge in [-0.05, 0) is 36.1 Å². The van der Waals surface area contributed by atoms with Crippen LogP contribution in [0.5, 0.6) is 0 Å². The number of halogens is 1. The molecule has 1 atom stereocenters. The Morgan fingerprint density at radius 2 is 1.75 bits per heavy atom. The highest BCUT2D eigenvalue weighted by atomic mass is 19.1. The van der Waals surface area contributed by atoms with E-state index >= 15 is 0 Å². The highest BCUT2D eigenvalue weighted by Crippen LogP contribution is 2.45. The Kier molecular flexibility index (Phi) is 3.72. The average Bonchev–Trinajstić information content (AvgIpc) is 3.49. The monoisotopic (exact) mass is 373 g/mol. The lowest BCUT2D eigenvalue weighted by molar-refractivity contribution is 0.0994. The Bertz CT molecular complexity index is 1080. The molecule has 0 saturated heterocycles. The summed E-state index contributed by atoms with van der Waals surface area (Å²) in [6.07, 6.45) is 6.82. The smallest absolute Gasteiger partial charge is 0.269 e. The number of carbonyl (C=O) groups is 1. The number of hydrogen-bond donors (Lipinski definition) is 1. The third-order valence-electron chi connectivity index (χ3n) is 5.81. The molecule has 28 heavy (non-hydrogen) atoms. The number of benzene rings is 2. The fraction of sp³-hybridized carbons (Fsp3) is 0.217. The van der Waals surface area contributed by atoms with Crippen molar-refractivity contribution in [2.45, 2.75) is 30.7 Å². The number of carbonyl (C=O) groups excluding carboxylic acids is 1. The van der Waals surface area contributed by atoms with E-state index in [1.54, 1.807) is 0 Å². The predicted octanol–water partition coefficient (Wildman–Crippen LogP) is 4.01. The molecule has 1 saturated carbocycles. The lowest BCUT2D eigenvalue weighted by Gasteiger charge is -2.35. The van der Waals surface area contributed by atoms with Crippen molar-refractivity contribution in [3.63, 3.8) is 0 Å². The van der Waals surface area contributed by atoms with Crippen LogP contribution in [0, 0.1) is 5.82 Å². The molecule has 0 radical (unpaired) electrons. The molecule has 1 aromatic heterocycles. The normalized spacial score (nSPS) is 20.8. The lowest BCUT2D eigenvalue weighted by atomic mass is 9.68. The van der Waals surface area contributed by atoms with Gasteiger partial charge in [-0.15, -0.1) is 0 Å². The summed E-state index contributed by atoms with van der Waals surface area (Å²) in [7, 11) is 0. The van der Waals surface area contributed by atoms with E-state index in [1.807, 2.05) is 41.1 Å². The Labute approximate surface area is 162 Å². The van der Waals surface area contributed by atoms with E-state index in [1.165, 1.54) is 12.1 Å². The fourth-order valence-electron chi connectivity index (χ4n) is 4.23. The Balaban J connectivity index is 1.72. The standard InChI is InChI=1S/C23H20FN3O/c24-17-8-6-16(7-9-17)23(15-4-2-1-3-5-15)13-12-19-20(14-23)27(18-10-11-18)26-21(19)22(25)28/h1-9,12-13,18H,10-11,14H2,(H2,25,28). The zero-order valence-electron chi connectivity index (χ0n) is 15.3. The summed E-state index contributed by atoms with van der Waals surface area (Å²) in [5.41, 5.74) is 9.42. The maximum Gasteiger partial charge on any atom is 0.269 e. The minimum absolute atomic E-state index is 0.258. The van der Waals surface area contributed by atoms with Crippen LogP contribution in [0.2, 0.25) is 0 Å². The van der Waals surface area contributed by atoms with Crippen molar-refractivity contribution in [3.05, 3.63) is 94.6 Å². The van der Waals surface area contributed by atoms with Gasteiger partial charge < -0.3 is 5.73 Å². The molecule has 1 unspecified atom stereocenters. The fourth-order valence-corrected chi connectivity index (χ4v) is 4.23. The van der Waals surface area contributed by atoms with E-state index in [2.05, 4.69) is 23.3 Å². The first-order chi connectivity index (χ1) is 13.6. The van der Waals surface area contributed by atoms with Gasteiger partial charge in [0, 0.05) is 23.1 Å². The summed E-state index contributed by atoms with van der Waals surface area (Å²) in [5.74, 6) is -0.763. The Morgan fingerprint density at radius 1 is 1.07 bits per heavy atom. The van der Waals surface area contributed by atoms with E-state index in [0.717, 1.165) is 35.2 Å². The highest BCUT2D eigenvalue weighted by Gasteiger charge is 2.40. The third-order valence-corrected chi connectivity index (χ3v) is 5.81. The minimum Gasteiger partial charge on any atom is -0.364 e. The molecule has 0 bridgehead atoms. The summed E-state index contributed by atoms with van der Waals surface area (Å²) in [4.78, 5) is 11.9. The third kappa shape index (κ3) is 2.58. The molecular weight excluding hydrogens is 353 g/mol. The summed E-state index contributed by atoms with van der Waals surface area (Å²) in [6, 6.07) is 17.2. The van der Waals surface area contributed by atoms with Gasteiger partial charge >= 0.3 is 0 Å². The zero-order valence-corrected chi connectivity index (χ0v) is 15.3. The second-order valence-corrected chi connectivity index (χ2v) is 7.60. The molecule has 1 amide bonds. The predicted molar refractivity (Wildman–Crippen MR) is 105 cm³/mol. The van der Waals surface area contributed by atoms with Crippen molar-refractivity contribution in [1.29, 1.82) is 0 Å². The van der Waals surface area contributed by atoms with E-state index in [0.29, 0.717) is 18.2 Å². The first kappa shape index (κ1) is 16.9. The molecule has 2 N–H and O–H groups in total. The summed E-state index contributed by atoms with van der Waals surface area (Å²) in [6.45, 7) is 0. The van der Waals surface area contributed by atoms with Gasteiger partial charge in [0.15, 0.2) is 5.69 Å². The maximum atomic E-state index is 13.6. The minimum atomic E-state index is -0.505. The molecule has 140 valence electrons. The number of amides is 1. The quantitative estimate of drug-likeness (QED) is 0.751. The van der Waals surface area contributed by atoms with E-state index in [-0.39, 0.29) is 5.82 Å². The van der Waals surface area contributed by atoms with Gasteiger partial charge in [-0.3, -0.25) is 9.48 Å². The van der Waals surface area contributed by atoms with Gasteiger partial charge in [0.05, 0.1) is 6.04 Å². The van der Waals surface area contributed by atoms with Gasteiger partial charge in [0.2, 0.25) is 0 Å². The topological polar surface area (TPSA) is 60.9 Å². The molecule has 4 nitrogen and oxygen atoms in total. The number of allylic oxidation sites excluding steroid dienone is 1. The van der Waals surface area contributed by atoms with Crippen molar-refractivity contribution in [1.82, 2.24) is 9.78 Å². The average molecular weight is 373 g/mol. The maximum absolute atomic E-state index is 13.6. The summed E-state index contributed by atoms with van der Waals surface area (Å²) in [5, 5.41) is 4.55. The van der Waals surface area contributed by atoms with E-state index in [9.17, 15) is 9.18 Å². The molecular formula is C23H20FN3O. The van der Waals surface area contributed by atoms with Crippen LogP contribution in [-0.2, 0) is 11.8 Å². The van der Waals surface area contributed by atoms with Gasteiger partial charge in [-0.1, -0.05) is 54.6 Å². The Hall–Kier alpha value is -3.21. The summed E-state index contributed by atoms with van der Waals surface area (Å²) >= 11 is 0. The van der Waals surface area contributed by atoms with Crippen molar-refractivity contribution in [2.24, 2.45) is 5.73 Å². The number of nitrogens with zero attached hydrogens (tertiary/aromatic N) is 2. The molecule has 5 rings (SSSR count). The van der Waals surface area contributed by atoms with Crippen LogP contribution in [0.1, 0.15) is 51.8 Å². The number of nitrogens with two attached hydrogens (primary N) is 1. The van der Waals surface area contributed by atoms with Gasteiger partial charge in [0.1, 0.15) is 5.82 Å². The molecule has 1 heterocycles. The summed E-state index contributed by atoms with van der Waals surface area (Å²) < 4.78 is 15.6. The van der Waals surface area contributed by atoms with Crippen LogP contribution >= 0.6 is 0 Å². The number of hydrogen-bond acceptors (Lipinski definition) is 2. The van der Waals surface area contributed by atoms with Crippen LogP contribution in [0.4, 0.5) is 4.39 Å². The lowest BCUT2D eigenvalue weighted by Crippen LogP contribution is -2.31. The molecule has 1 fully saturated rings. The zero-order chi connectivity index (χ0) is 19.3. The molecule has 2 aromatic carbocycles. The number of aromatic nitrogens is 2. The highest BCUT2D eigenvalue weighted by molar-refractivity contribution is 5.95. The van der Waals surface area contributed by atoms with Gasteiger partial charge in [-0.25, -0.2) is 4.39 Å². The molecule has 2 aliphatic carbocycles. The first-order valence-corrected chi connectivity index (χ1v) is 9.50. The van der Waals surface area contributed by atoms with Crippen molar-refractivity contribution < 1.29 is 9.18 Å². The number of fused-ring (bicyclic) bond motifs is 1. The SMILES string of the molecule is NC(=O)c1nn(C2CC2)c2c1C=CC(c1ccccc1)(c1ccc(F)cc1)C2. The van der Waals surface area contributed by atoms with Crippen LogP contribution in [0.25, 0.3) is 6.08 Å². The van der Waals surface area contributed by atoms with E-state index in [4.69, 9.17) is 5.73 Å². The molecule has 0 spiro atoms. The number of primary amides is 1. The second-order valence-electron chi connectivity index (χ2n) is 7.60. The van der Waals surface area contributed by atoms with E-state index < -0.39 is 11.3 Å². The van der Waals surface area contributed by atoms with Gasteiger partial charge in [-0.2, -0.15) is 5.10 Å². The molecule has 0 aliphatic heterocycles. The van der Waals surface area contributed by atoms with Crippen LogP contribution < -0.4 is 5.73 Å². The Morgan fingerprint density at radius 3 is 2.39 bits per heavy atom.